The Balaban J connectivity index is 2.06. The number of aliphatic hydroxyl groups excluding tert-OH is 1. The third-order valence-corrected chi connectivity index (χ3v) is 3.60. The molecule has 1 aliphatic rings. The summed E-state index contributed by atoms with van der Waals surface area (Å²) in [6, 6.07) is 0.555. The van der Waals surface area contributed by atoms with Crippen molar-refractivity contribution >= 4 is 0 Å². The first-order valence-electron chi connectivity index (χ1n) is 6.47. The van der Waals surface area contributed by atoms with Crippen LogP contribution in [0.2, 0.25) is 0 Å². The van der Waals surface area contributed by atoms with Crippen LogP contribution in [0.3, 0.4) is 0 Å². The van der Waals surface area contributed by atoms with E-state index in [1.165, 1.54) is 6.42 Å². The molecular formula is C13H27NO2. The molecule has 0 aliphatic carbocycles. The third-order valence-electron chi connectivity index (χ3n) is 3.60. The van der Waals surface area contributed by atoms with E-state index in [-0.39, 0.29) is 12.0 Å². The van der Waals surface area contributed by atoms with Gasteiger partial charge in [0, 0.05) is 19.3 Å². The number of ether oxygens (including phenoxy) is 1. The fourth-order valence-electron chi connectivity index (χ4n) is 2.09. The molecule has 0 bridgehead atoms. The minimum absolute atomic E-state index is 0.0708. The molecule has 0 amide bonds. The number of aliphatic hydroxyl groups is 1. The van der Waals surface area contributed by atoms with Gasteiger partial charge in [-0.25, -0.2) is 0 Å². The Morgan fingerprint density at radius 2 is 2.25 bits per heavy atom. The molecule has 3 heteroatoms. The number of rotatable bonds is 7. The van der Waals surface area contributed by atoms with Crippen molar-refractivity contribution in [1.82, 2.24) is 5.32 Å². The normalized spacial score (nSPS) is 23.6. The Hall–Kier alpha value is -0.120. The number of hydrogen-bond acceptors (Lipinski definition) is 3. The van der Waals surface area contributed by atoms with E-state index < -0.39 is 0 Å². The van der Waals surface area contributed by atoms with Crippen LogP contribution in [-0.4, -0.2) is 37.5 Å². The van der Waals surface area contributed by atoms with Gasteiger partial charge in [-0.2, -0.15) is 0 Å². The number of nitrogens with one attached hydrogen (secondary N) is 1. The monoisotopic (exact) mass is 229 g/mol. The third kappa shape index (κ3) is 4.81. The average Bonchev–Trinajstić information content (AvgIpc) is 2.77. The van der Waals surface area contributed by atoms with Gasteiger partial charge in [-0.3, -0.25) is 0 Å². The molecule has 0 spiro atoms. The fraction of sp³-hybridized carbons (Fsp3) is 1.00. The summed E-state index contributed by atoms with van der Waals surface area (Å²) in [5.74, 6) is 0.686. The summed E-state index contributed by atoms with van der Waals surface area (Å²) in [6.45, 7) is 9.63. The average molecular weight is 229 g/mol. The van der Waals surface area contributed by atoms with Crippen LogP contribution in [-0.2, 0) is 4.74 Å². The van der Waals surface area contributed by atoms with Crippen LogP contribution in [0.15, 0.2) is 0 Å². The van der Waals surface area contributed by atoms with Crippen LogP contribution in [0.4, 0.5) is 0 Å². The first kappa shape index (κ1) is 13.9. The Morgan fingerprint density at radius 3 is 2.81 bits per heavy atom. The highest BCUT2D eigenvalue weighted by atomic mass is 16.5. The largest absolute Gasteiger partial charge is 0.396 e. The minimum atomic E-state index is 0.0708. The Kier molecular flexibility index (Phi) is 5.73. The molecule has 0 saturated carbocycles. The summed E-state index contributed by atoms with van der Waals surface area (Å²) < 4.78 is 5.38. The maximum absolute atomic E-state index is 9.14. The second kappa shape index (κ2) is 6.58. The number of hydrogen-bond donors (Lipinski definition) is 2. The molecule has 0 aromatic heterocycles. The van der Waals surface area contributed by atoms with Crippen molar-refractivity contribution in [3.8, 4) is 0 Å². The molecule has 1 saturated heterocycles. The minimum Gasteiger partial charge on any atom is -0.396 e. The van der Waals surface area contributed by atoms with E-state index >= 15 is 0 Å². The summed E-state index contributed by atoms with van der Waals surface area (Å²) in [6.07, 6.45) is 3.40. The Morgan fingerprint density at radius 1 is 1.50 bits per heavy atom. The highest BCUT2D eigenvalue weighted by Gasteiger charge is 2.22. The van der Waals surface area contributed by atoms with Crippen LogP contribution in [0, 0.1) is 11.3 Å². The second-order valence-electron chi connectivity index (χ2n) is 5.79. The second-order valence-corrected chi connectivity index (χ2v) is 5.79. The summed E-state index contributed by atoms with van der Waals surface area (Å²) in [4.78, 5) is 0. The van der Waals surface area contributed by atoms with Gasteiger partial charge in [0.1, 0.15) is 0 Å². The zero-order chi connectivity index (χ0) is 12.0. The van der Waals surface area contributed by atoms with Gasteiger partial charge in [0.25, 0.3) is 0 Å². The van der Waals surface area contributed by atoms with Crippen molar-refractivity contribution < 1.29 is 9.84 Å². The van der Waals surface area contributed by atoms with Crippen molar-refractivity contribution in [2.24, 2.45) is 11.3 Å². The lowest BCUT2D eigenvalue weighted by atomic mass is 9.89. The highest BCUT2D eigenvalue weighted by Crippen LogP contribution is 2.21. The molecule has 2 atom stereocenters. The van der Waals surface area contributed by atoms with E-state index in [9.17, 15) is 0 Å². The summed E-state index contributed by atoms with van der Waals surface area (Å²) in [5, 5.41) is 12.7. The predicted octanol–water partition coefficient (Wildman–Crippen LogP) is 1.80. The molecule has 2 N–H and O–H groups in total. The molecule has 96 valence electrons. The molecule has 0 aromatic carbocycles. The van der Waals surface area contributed by atoms with E-state index in [4.69, 9.17) is 9.84 Å². The molecular weight excluding hydrogens is 202 g/mol. The van der Waals surface area contributed by atoms with Gasteiger partial charge in [-0.05, 0) is 44.1 Å². The van der Waals surface area contributed by atoms with Crippen molar-refractivity contribution in [1.29, 1.82) is 0 Å². The first-order chi connectivity index (χ1) is 7.55. The molecule has 0 aromatic rings. The van der Waals surface area contributed by atoms with Crippen LogP contribution >= 0.6 is 0 Å². The molecule has 2 unspecified atom stereocenters. The summed E-state index contributed by atoms with van der Waals surface area (Å²) >= 11 is 0. The Bertz CT molecular complexity index is 188. The molecule has 1 rings (SSSR count). The predicted molar refractivity (Wildman–Crippen MR) is 66.5 cm³/mol. The maximum Gasteiger partial charge on any atom is 0.0509 e. The van der Waals surface area contributed by atoms with E-state index in [0.29, 0.717) is 12.0 Å². The Labute approximate surface area is 99.6 Å². The zero-order valence-electron chi connectivity index (χ0n) is 11.0. The zero-order valence-corrected chi connectivity index (χ0v) is 11.0. The van der Waals surface area contributed by atoms with Gasteiger partial charge in [0.2, 0.25) is 0 Å². The quantitative estimate of drug-likeness (QED) is 0.654. The van der Waals surface area contributed by atoms with Crippen LogP contribution in [0.25, 0.3) is 0 Å². The lowest BCUT2D eigenvalue weighted by Crippen LogP contribution is -2.35. The van der Waals surface area contributed by atoms with Gasteiger partial charge in [-0.1, -0.05) is 13.8 Å². The lowest BCUT2D eigenvalue weighted by molar-refractivity contribution is 0.146. The van der Waals surface area contributed by atoms with Gasteiger partial charge < -0.3 is 15.2 Å². The first-order valence-corrected chi connectivity index (χ1v) is 6.47. The SMILES string of the molecule is CC(NCCCC(C)(C)CO)C1CCOC1. The van der Waals surface area contributed by atoms with Crippen molar-refractivity contribution in [2.45, 2.75) is 46.1 Å². The molecule has 1 fully saturated rings. The van der Waals surface area contributed by atoms with E-state index in [2.05, 4.69) is 26.1 Å². The summed E-state index contributed by atoms with van der Waals surface area (Å²) in [5.41, 5.74) is 0.0708. The molecule has 0 radical (unpaired) electrons. The van der Waals surface area contributed by atoms with E-state index in [1.54, 1.807) is 0 Å². The summed E-state index contributed by atoms with van der Waals surface area (Å²) in [7, 11) is 0. The smallest absolute Gasteiger partial charge is 0.0509 e. The lowest BCUT2D eigenvalue weighted by Gasteiger charge is -2.23. The van der Waals surface area contributed by atoms with Crippen LogP contribution in [0.5, 0.6) is 0 Å². The van der Waals surface area contributed by atoms with Gasteiger partial charge >= 0.3 is 0 Å². The van der Waals surface area contributed by atoms with Crippen molar-refractivity contribution in [3.63, 3.8) is 0 Å². The van der Waals surface area contributed by atoms with Crippen LogP contribution in [0.1, 0.15) is 40.0 Å². The topological polar surface area (TPSA) is 41.5 Å². The van der Waals surface area contributed by atoms with Crippen molar-refractivity contribution in [3.05, 3.63) is 0 Å². The van der Waals surface area contributed by atoms with E-state index in [1.807, 2.05) is 0 Å². The highest BCUT2D eigenvalue weighted by molar-refractivity contribution is 4.76. The van der Waals surface area contributed by atoms with E-state index in [0.717, 1.165) is 32.6 Å². The van der Waals surface area contributed by atoms with Gasteiger partial charge in [-0.15, -0.1) is 0 Å². The molecule has 1 aliphatic heterocycles. The molecule has 3 nitrogen and oxygen atoms in total. The van der Waals surface area contributed by atoms with Crippen LogP contribution < -0.4 is 5.32 Å². The maximum atomic E-state index is 9.14. The van der Waals surface area contributed by atoms with Crippen molar-refractivity contribution in [2.75, 3.05) is 26.4 Å². The van der Waals surface area contributed by atoms with Gasteiger partial charge in [0.05, 0.1) is 6.61 Å². The molecule has 16 heavy (non-hydrogen) atoms. The van der Waals surface area contributed by atoms with Gasteiger partial charge in [0.15, 0.2) is 0 Å². The standard InChI is InChI=1S/C13H27NO2/c1-11(12-5-8-16-9-12)14-7-4-6-13(2,3)10-15/h11-12,14-15H,4-10H2,1-3H3. The fourth-order valence-corrected chi connectivity index (χ4v) is 2.09. The molecule has 1 heterocycles.